The van der Waals surface area contributed by atoms with Crippen LogP contribution in [0.5, 0.6) is 0 Å². The molecule has 1 aromatic rings. The Balaban J connectivity index is 3.14. The van der Waals surface area contributed by atoms with Gasteiger partial charge in [-0.1, -0.05) is 6.92 Å². The number of Topliss-reactive ketones (excluding diaryl/α,β-unsaturated/α-hetero) is 1. The number of nitrogens with one attached hydrogen (secondary N) is 1. The van der Waals surface area contributed by atoms with Crippen LogP contribution >= 0.6 is 22.6 Å². The van der Waals surface area contributed by atoms with Crippen LogP contribution in [0.15, 0.2) is 23.9 Å². The molecule has 0 heterocycles. The average molecular weight is 439 g/mol. The lowest BCUT2D eigenvalue weighted by Crippen LogP contribution is -2.31. The number of halogens is 3. The number of hydrogen-bond donors (Lipinski definition) is 3. The van der Waals surface area contributed by atoms with Gasteiger partial charge in [-0.3, -0.25) is 4.79 Å². The van der Waals surface area contributed by atoms with Crippen LogP contribution in [0.4, 0.5) is 8.78 Å². The molecule has 23 heavy (non-hydrogen) atoms. The van der Waals surface area contributed by atoms with Gasteiger partial charge in [0, 0.05) is 28.5 Å². The molecular formula is C15H16F2INO4. The van der Waals surface area contributed by atoms with Gasteiger partial charge in [0.2, 0.25) is 5.78 Å². The van der Waals surface area contributed by atoms with Gasteiger partial charge in [-0.25, -0.2) is 13.6 Å². The molecule has 0 saturated carbocycles. The first-order valence-electron chi connectivity index (χ1n) is 6.68. The lowest BCUT2D eigenvalue weighted by molar-refractivity contribution is -0.132. The molecule has 0 aliphatic rings. The van der Waals surface area contributed by atoms with Gasteiger partial charge in [-0.05, 0) is 41.5 Å². The van der Waals surface area contributed by atoms with Crippen molar-refractivity contribution in [1.29, 1.82) is 0 Å². The first kappa shape index (κ1) is 19.5. The van der Waals surface area contributed by atoms with Crippen LogP contribution in [-0.4, -0.2) is 34.6 Å². The van der Waals surface area contributed by atoms with Crippen molar-refractivity contribution >= 4 is 34.3 Å². The predicted octanol–water partition coefficient (Wildman–Crippen LogP) is 2.33. The molecule has 8 heteroatoms. The zero-order chi connectivity index (χ0) is 17.7. The summed E-state index contributed by atoms with van der Waals surface area (Å²) in [5.41, 5.74) is -1.20. The Morgan fingerprint density at radius 3 is 2.43 bits per heavy atom. The van der Waals surface area contributed by atoms with E-state index in [0.29, 0.717) is 6.07 Å². The summed E-state index contributed by atoms with van der Waals surface area (Å²) in [6, 6.07) is 1.20. The molecule has 0 aliphatic heterocycles. The van der Waals surface area contributed by atoms with E-state index in [-0.39, 0.29) is 22.1 Å². The SMILES string of the molecule is CC(CO)C(C)NC=C(C(=O)O)C(=O)c1cc(I)c(F)cc1F. The van der Waals surface area contributed by atoms with E-state index in [9.17, 15) is 18.4 Å². The van der Waals surface area contributed by atoms with Crippen LogP contribution in [0.1, 0.15) is 24.2 Å². The number of hydrogen-bond acceptors (Lipinski definition) is 4. The van der Waals surface area contributed by atoms with Crippen molar-refractivity contribution in [2.24, 2.45) is 5.92 Å². The highest BCUT2D eigenvalue weighted by molar-refractivity contribution is 14.1. The lowest BCUT2D eigenvalue weighted by Gasteiger charge is -2.18. The van der Waals surface area contributed by atoms with E-state index in [1.165, 1.54) is 0 Å². The van der Waals surface area contributed by atoms with Crippen LogP contribution < -0.4 is 5.32 Å². The van der Waals surface area contributed by atoms with E-state index >= 15 is 0 Å². The molecule has 1 rings (SSSR count). The molecule has 3 N–H and O–H groups in total. The predicted molar refractivity (Wildman–Crippen MR) is 88.0 cm³/mol. The van der Waals surface area contributed by atoms with Gasteiger partial charge in [0.1, 0.15) is 17.2 Å². The molecule has 0 spiro atoms. The number of aliphatic hydroxyl groups excluding tert-OH is 1. The van der Waals surface area contributed by atoms with Gasteiger partial charge in [0.25, 0.3) is 0 Å². The van der Waals surface area contributed by atoms with E-state index < -0.39 is 34.5 Å². The summed E-state index contributed by atoms with van der Waals surface area (Å²) in [6.07, 6.45) is 0.969. The van der Waals surface area contributed by atoms with Gasteiger partial charge in [0.05, 0.1) is 5.56 Å². The number of carboxylic acid groups (broad SMARTS) is 1. The Kier molecular flexibility index (Phi) is 7.07. The second-order valence-electron chi connectivity index (χ2n) is 5.05. The van der Waals surface area contributed by atoms with Gasteiger partial charge < -0.3 is 15.5 Å². The summed E-state index contributed by atoms with van der Waals surface area (Å²) in [6.45, 7) is 3.31. The van der Waals surface area contributed by atoms with Crippen molar-refractivity contribution < 1.29 is 28.6 Å². The van der Waals surface area contributed by atoms with Crippen molar-refractivity contribution in [3.63, 3.8) is 0 Å². The number of carbonyl (C=O) groups is 2. The minimum Gasteiger partial charge on any atom is -0.477 e. The largest absolute Gasteiger partial charge is 0.477 e. The van der Waals surface area contributed by atoms with E-state index in [2.05, 4.69) is 5.32 Å². The molecule has 0 amide bonds. The quantitative estimate of drug-likeness (QED) is 0.152. The monoisotopic (exact) mass is 439 g/mol. The maximum atomic E-state index is 13.7. The summed E-state index contributed by atoms with van der Waals surface area (Å²) in [5.74, 6) is -4.74. The van der Waals surface area contributed by atoms with Crippen LogP contribution in [-0.2, 0) is 4.79 Å². The minimum absolute atomic E-state index is 0.00678. The van der Waals surface area contributed by atoms with Crippen molar-refractivity contribution in [3.8, 4) is 0 Å². The summed E-state index contributed by atoms with van der Waals surface area (Å²) in [5, 5.41) is 20.9. The fourth-order valence-corrected chi connectivity index (χ4v) is 2.07. The Morgan fingerprint density at radius 1 is 1.30 bits per heavy atom. The van der Waals surface area contributed by atoms with E-state index in [1.54, 1.807) is 36.4 Å². The second-order valence-corrected chi connectivity index (χ2v) is 6.22. The fraction of sp³-hybridized carbons (Fsp3) is 0.333. The van der Waals surface area contributed by atoms with Crippen molar-refractivity contribution in [3.05, 3.63) is 44.7 Å². The molecule has 0 aliphatic carbocycles. The number of carboxylic acids is 1. The minimum atomic E-state index is -1.54. The second kappa shape index (κ2) is 8.34. The molecule has 0 bridgehead atoms. The number of aliphatic carboxylic acids is 1. The molecule has 0 fully saturated rings. The standard InChI is InChI=1S/C15H16F2INO4/c1-7(6-20)8(2)19-5-10(15(22)23)14(21)9-3-13(18)12(17)4-11(9)16/h3-5,7-8,19-20H,6H2,1-2H3,(H,22,23). The highest BCUT2D eigenvalue weighted by Crippen LogP contribution is 2.19. The van der Waals surface area contributed by atoms with E-state index in [4.69, 9.17) is 10.2 Å². The van der Waals surface area contributed by atoms with Crippen molar-refractivity contribution in [2.75, 3.05) is 6.61 Å². The first-order valence-corrected chi connectivity index (χ1v) is 7.76. The summed E-state index contributed by atoms with van der Waals surface area (Å²) in [7, 11) is 0. The van der Waals surface area contributed by atoms with E-state index in [0.717, 1.165) is 12.3 Å². The van der Waals surface area contributed by atoms with Crippen LogP contribution in [0.3, 0.4) is 0 Å². The van der Waals surface area contributed by atoms with Crippen molar-refractivity contribution in [1.82, 2.24) is 5.32 Å². The number of carbonyl (C=O) groups excluding carboxylic acids is 1. The number of ketones is 1. The van der Waals surface area contributed by atoms with Gasteiger partial charge in [-0.2, -0.15) is 0 Å². The third-order valence-electron chi connectivity index (χ3n) is 3.36. The Bertz CT molecular complexity index is 649. The normalized spacial score (nSPS) is 14.3. The van der Waals surface area contributed by atoms with Crippen LogP contribution in [0.25, 0.3) is 0 Å². The molecule has 0 radical (unpaired) electrons. The van der Waals surface area contributed by atoms with Crippen LogP contribution in [0, 0.1) is 21.1 Å². The molecule has 126 valence electrons. The number of rotatable bonds is 7. The summed E-state index contributed by atoms with van der Waals surface area (Å²) < 4.78 is 27.0. The maximum Gasteiger partial charge on any atom is 0.341 e. The third-order valence-corrected chi connectivity index (χ3v) is 4.19. The first-order chi connectivity index (χ1) is 10.7. The number of aliphatic hydroxyl groups is 1. The molecule has 0 aromatic heterocycles. The number of benzene rings is 1. The average Bonchev–Trinajstić information content (AvgIpc) is 2.49. The zero-order valence-electron chi connectivity index (χ0n) is 12.4. The van der Waals surface area contributed by atoms with E-state index in [1.807, 2.05) is 0 Å². The molecule has 2 unspecified atom stereocenters. The Labute approximate surface area is 145 Å². The fourth-order valence-electron chi connectivity index (χ4n) is 1.60. The summed E-state index contributed by atoms with van der Waals surface area (Å²) in [4.78, 5) is 23.5. The molecular weight excluding hydrogens is 423 g/mol. The lowest BCUT2D eigenvalue weighted by atomic mass is 10.0. The molecule has 2 atom stereocenters. The highest BCUT2D eigenvalue weighted by atomic mass is 127. The van der Waals surface area contributed by atoms with Gasteiger partial charge in [0.15, 0.2) is 0 Å². The Hall–Kier alpha value is -1.55. The topological polar surface area (TPSA) is 86.6 Å². The summed E-state index contributed by atoms with van der Waals surface area (Å²) >= 11 is 1.58. The molecule has 5 nitrogen and oxygen atoms in total. The van der Waals surface area contributed by atoms with Crippen LogP contribution in [0.2, 0.25) is 0 Å². The molecule has 0 saturated heterocycles. The van der Waals surface area contributed by atoms with Gasteiger partial charge >= 0.3 is 5.97 Å². The molecule has 1 aromatic carbocycles. The Morgan fingerprint density at radius 2 is 1.91 bits per heavy atom. The smallest absolute Gasteiger partial charge is 0.341 e. The maximum absolute atomic E-state index is 13.7. The highest BCUT2D eigenvalue weighted by Gasteiger charge is 2.24. The third kappa shape index (κ3) is 4.96. The van der Waals surface area contributed by atoms with Gasteiger partial charge in [-0.15, -0.1) is 0 Å². The van der Waals surface area contributed by atoms with Crippen molar-refractivity contribution in [2.45, 2.75) is 19.9 Å². The zero-order valence-corrected chi connectivity index (χ0v) is 14.6.